The molecule has 0 aliphatic carbocycles. The average molecular weight is 126 g/mol. The monoisotopic (exact) mass is 126 g/mol. The molecule has 0 aromatic rings. The Bertz CT molecular complexity index is 31.5. The van der Waals surface area contributed by atoms with Crippen LogP contribution in [0, 0.1) is 0 Å². The van der Waals surface area contributed by atoms with Gasteiger partial charge in [-0.2, -0.15) is 0 Å². The molecule has 6 nitrogen and oxygen atoms in total. The molecule has 0 unspecified atom stereocenters. The summed E-state index contributed by atoms with van der Waals surface area (Å²) in [4.78, 5) is 3.97. The van der Waals surface area contributed by atoms with Gasteiger partial charge in [0.05, 0.1) is 6.61 Å². The molecule has 0 atom stereocenters. The van der Waals surface area contributed by atoms with Crippen molar-refractivity contribution in [2.24, 2.45) is 0 Å². The van der Waals surface area contributed by atoms with Gasteiger partial charge in [-0.25, -0.2) is 10.1 Å². The first-order valence-corrected chi connectivity index (χ1v) is 1.79. The second-order valence-electron chi connectivity index (χ2n) is 0.756. The molecule has 0 saturated heterocycles. The predicted octanol–water partition coefficient (Wildman–Crippen LogP) is -0.737. The minimum absolute atomic E-state index is 0.0522. The van der Waals surface area contributed by atoms with Gasteiger partial charge in [-0.05, 0) is 15.1 Å². The van der Waals surface area contributed by atoms with Crippen LogP contribution in [0.25, 0.3) is 0 Å². The van der Waals surface area contributed by atoms with Crippen molar-refractivity contribution in [3.8, 4) is 0 Å². The molecule has 0 spiro atoms. The Morgan fingerprint density at radius 1 is 1.25 bits per heavy atom. The Morgan fingerprint density at radius 3 is 2.50 bits per heavy atom. The lowest BCUT2D eigenvalue weighted by Crippen LogP contribution is -2.00. The van der Waals surface area contributed by atoms with Gasteiger partial charge in [0.2, 0.25) is 0 Å². The summed E-state index contributed by atoms with van der Waals surface area (Å²) in [6, 6.07) is 0. The molecule has 0 saturated carbocycles. The van der Waals surface area contributed by atoms with E-state index in [0.717, 1.165) is 0 Å². The van der Waals surface area contributed by atoms with Crippen molar-refractivity contribution in [1.29, 1.82) is 0 Å². The fourth-order valence-corrected chi connectivity index (χ4v) is 0.103. The average Bonchev–Trinajstić information content (AvgIpc) is 1.81. The highest BCUT2D eigenvalue weighted by Crippen LogP contribution is 1.78. The van der Waals surface area contributed by atoms with E-state index in [-0.39, 0.29) is 13.2 Å². The zero-order valence-corrected chi connectivity index (χ0v) is 3.94. The van der Waals surface area contributed by atoms with Gasteiger partial charge >= 0.3 is 0 Å². The van der Waals surface area contributed by atoms with Crippen LogP contribution in [0.5, 0.6) is 0 Å². The second kappa shape index (κ2) is 6.76. The van der Waals surface area contributed by atoms with Crippen LogP contribution in [0.2, 0.25) is 0 Å². The highest BCUT2D eigenvalue weighted by Gasteiger charge is 1.84. The number of hydrogen-bond acceptors (Lipinski definition) is 6. The summed E-state index contributed by atoms with van der Waals surface area (Å²) in [5.41, 5.74) is 0. The molecular weight excluding hydrogens is 120 g/mol. The summed E-state index contributed by atoms with van der Waals surface area (Å²) in [7, 11) is 0. The van der Waals surface area contributed by atoms with Crippen molar-refractivity contribution >= 4 is 0 Å². The van der Waals surface area contributed by atoms with E-state index in [1.165, 1.54) is 0 Å². The van der Waals surface area contributed by atoms with Crippen LogP contribution >= 0.6 is 0 Å². The molecular formula is C2H6O6. The van der Waals surface area contributed by atoms with Crippen molar-refractivity contribution in [2.75, 3.05) is 13.2 Å². The summed E-state index contributed by atoms with van der Waals surface area (Å²) < 4.78 is 0. The van der Waals surface area contributed by atoms with Crippen LogP contribution in [-0.4, -0.2) is 23.6 Å². The van der Waals surface area contributed by atoms with Gasteiger partial charge < -0.3 is 5.11 Å². The molecule has 0 aromatic heterocycles. The second-order valence-corrected chi connectivity index (χ2v) is 0.756. The fraction of sp³-hybridized carbons (Fsp3) is 1.00. The van der Waals surface area contributed by atoms with Gasteiger partial charge in [0.1, 0.15) is 6.61 Å². The first-order valence-electron chi connectivity index (χ1n) is 1.79. The summed E-state index contributed by atoms with van der Waals surface area (Å²) in [6.45, 7) is -0.252. The first kappa shape index (κ1) is 7.76. The minimum atomic E-state index is -0.200. The summed E-state index contributed by atoms with van der Waals surface area (Å²) >= 11 is 0. The van der Waals surface area contributed by atoms with E-state index < -0.39 is 0 Å². The predicted molar refractivity (Wildman–Crippen MR) is 18.9 cm³/mol. The van der Waals surface area contributed by atoms with Crippen LogP contribution in [0.15, 0.2) is 0 Å². The largest absolute Gasteiger partial charge is 0.394 e. The molecule has 2 N–H and O–H groups in total. The lowest BCUT2D eigenvalue weighted by Gasteiger charge is -1.93. The van der Waals surface area contributed by atoms with Gasteiger partial charge in [0, 0.05) is 0 Å². The highest BCUT2D eigenvalue weighted by atomic mass is 17.8. The molecule has 0 bridgehead atoms. The third-order valence-corrected chi connectivity index (χ3v) is 0.281. The van der Waals surface area contributed by atoms with Crippen molar-refractivity contribution in [2.45, 2.75) is 0 Å². The molecule has 8 heavy (non-hydrogen) atoms. The van der Waals surface area contributed by atoms with Crippen LogP contribution in [-0.2, 0) is 20.0 Å². The summed E-state index contributed by atoms with van der Waals surface area (Å²) in [5.74, 6) is 0. The van der Waals surface area contributed by atoms with Crippen LogP contribution < -0.4 is 0 Å². The number of rotatable bonds is 5. The van der Waals surface area contributed by atoms with Crippen molar-refractivity contribution in [1.82, 2.24) is 0 Å². The first-order chi connectivity index (χ1) is 3.91. The molecule has 0 amide bonds. The topological polar surface area (TPSA) is 77.4 Å². The van der Waals surface area contributed by atoms with E-state index in [9.17, 15) is 0 Å². The zero-order chi connectivity index (χ0) is 6.24. The van der Waals surface area contributed by atoms with Gasteiger partial charge in [-0.3, -0.25) is 0 Å². The summed E-state index contributed by atoms with van der Waals surface area (Å²) in [5, 5.41) is 25.3. The lowest BCUT2D eigenvalue weighted by atomic mass is 10.8. The van der Waals surface area contributed by atoms with Crippen LogP contribution in [0.4, 0.5) is 0 Å². The van der Waals surface area contributed by atoms with Gasteiger partial charge in [0.15, 0.2) is 0 Å². The Kier molecular flexibility index (Phi) is 6.56. The standard InChI is InChI=1S/C2H6O6/c3-1-2-5-7-8-6-4/h3-4H,1-2H2. The fourth-order valence-electron chi connectivity index (χ4n) is 0.103. The Hall–Kier alpha value is -0.240. The number of aliphatic hydroxyl groups excluding tert-OH is 1. The van der Waals surface area contributed by atoms with Gasteiger partial charge in [-0.15, -0.1) is 0 Å². The van der Waals surface area contributed by atoms with Crippen molar-refractivity contribution in [3.05, 3.63) is 0 Å². The van der Waals surface area contributed by atoms with E-state index in [1.54, 1.807) is 0 Å². The highest BCUT2D eigenvalue weighted by molar-refractivity contribution is 4.10. The maximum Gasteiger partial charge on any atom is 0.109 e. The maximum absolute atomic E-state index is 8.00. The molecule has 0 aliphatic rings. The third-order valence-electron chi connectivity index (χ3n) is 0.281. The SMILES string of the molecule is OCCOOOOO. The van der Waals surface area contributed by atoms with E-state index in [2.05, 4.69) is 20.0 Å². The van der Waals surface area contributed by atoms with E-state index >= 15 is 0 Å². The zero-order valence-electron chi connectivity index (χ0n) is 3.94. The third kappa shape index (κ3) is 5.76. The Morgan fingerprint density at radius 2 is 2.00 bits per heavy atom. The Labute approximate surface area is 44.9 Å². The molecule has 0 rings (SSSR count). The lowest BCUT2D eigenvalue weighted by molar-refractivity contribution is -0.702. The van der Waals surface area contributed by atoms with Crippen molar-refractivity contribution < 1.29 is 30.4 Å². The molecule has 0 aliphatic heterocycles. The van der Waals surface area contributed by atoms with E-state index in [1.807, 2.05) is 0 Å². The smallest absolute Gasteiger partial charge is 0.109 e. The van der Waals surface area contributed by atoms with E-state index in [4.69, 9.17) is 10.4 Å². The number of hydrogen-bond donors (Lipinski definition) is 2. The molecule has 0 radical (unpaired) electrons. The summed E-state index contributed by atoms with van der Waals surface area (Å²) in [6.07, 6.45) is 0. The molecule has 0 heterocycles. The molecule has 0 aromatic carbocycles. The van der Waals surface area contributed by atoms with Gasteiger partial charge in [-0.1, -0.05) is 0 Å². The van der Waals surface area contributed by atoms with Crippen LogP contribution in [0.3, 0.4) is 0 Å². The van der Waals surface area contributed by atoms with Crippen LogP contribution in [0.1, 0.15) is 0 Å². The molecule has 0 fully saturated rings. The van der Waals surface area contributed by atoms with E-state index in [0.29, 0.717) is 0 Å². The molecule has 6 heteroatoms. The minimum Gasteiger partial charge on any atom is -0.394 e. The molecule has 50 valence electrons. The number of aliphatic hydroxyl groups is 1. The normalized spacial score (nSPS) is 9.75. The van der Waals surface area contributed by atoms with Crippen molar-refractivity contribution in [3.63, 3.8) is 0 Å². The quantitative estimate of drug-likeness (QED) is 0.287. The van der Waals surface area contributed by atoms with Gasteiger partial charge in [0.25, 0.3) is 0 Å². The maximum atomic E-state index is 8.00. The Balaban J connectivity index is 2.53.